The van der Waals surface area contributed by atoms with Crippen molar-refractivity contribution in [3.05, 3.63) is 11.9 Å². The zero-order valence-corrected chi connectivity index (χ0v) is 33.4. The molecule has 7 N–H and O–H groups in total. The number of aromatic nitrogens is 3. The molecule has 0 aliphatic carbocycles. The molecule has 2 saturated heterocycles. The Morgan fingerprint density at radius 2 is 1.23 bits per heavy atom. The average molecular weight is 760 g/mol. The molecule has 0 radical (unpaired) electrons. The van der Waals surface area contributed by atoms with Gasteiger partial charge in [-0.05, 0) is 65.3 Å². The number of nitrogens with zero attached hydrogens (tertiary/aromatic N) is 3. The van der Waals surface area contributed by atoms with E-state index in [-0.39, 0.29) is 6.61 Å². The Balaban J connectivity index is 1.60. The SMILES string of the molecule is C[Si](C)(C)O[Si](CCCn1cc(COC2OC(CO)C(OC3OC(CO)C(O)C(O)C3O)C(O)C2O)nn1)(O[Si](C)(C)C)O[Si](C)(C)C. The van der Waals surface area contributed by atoms with Gasteiger partial charge in [0, 0.05) is 12.6 Å². The maximum Gasteiger partial charge on any atom is 0.469 e. The molecule has 3 rings (SSSR count). The van der Waals surface area contributed by atoms with Crippen LogP contribution in [0.2, 0.25) is 65.0 Å². The van der Waals surface area contributed by atoms with Crippen molar-refractivity contribution in [1.29, 1.82) is 0 Å². The van der Waals surface area contributed by atoms with Gasteiger partial charge in [-0.2, -0.15) is 0 Å². The Hall–Kier alpha value is -0.552. The molecule has 0 spiro atoms. The molecule has 3 heterocycles. The van der Waals surface area contributed by atoms with Crippen molar-refractivity contribution in [2.24, 2.45) is 0 Å². The largest absolute Gasteiger partial charge is 0.469 e. The van der Waals surface area contributed by atoms with E-state index in [1.165, 1.54) is 0 Å². The number of hydrogen-bond donors (Lipinski definition) is 7. The summed E-state index contributed by atoms with van der Waals surface area (Å²) in [5.41, 5.74) is 0.430. The lowest BCUT2D eigenvalue weighted by Gasteiger charge is -2.45. The van der Waals surface area contributed by atoms with Crippen molar-refractivity contribution in [1.82, 2.24) is 15.0 Å². The van der Waals surface area contributed by atoms with Gasteiger partial charge >= 0.3 is 8.80 Å². The predicted molar refractivity (Wildman–Crippen MR) is 180 cm³/mol. The molecule has 48 heavy (non-hydrogen) atoms. The smallest absolute Gasteiger partial charge is 0.417 e. The van der Waals surface area contributed by atoms with Gasteiger partial charge in [0.25, 0.3) is 0 Å². The summed E-state index contributed by atoms with van der Waals surface area (Å²) in [4.78, 5) is 0. The first-order valence-electron chi connectivity index (χ1n) is 16.3. The van der Waals surface area contributed by atoms with Crippen LogP contribution in [0.4, 0.5) is 0 Å². The van der Waals surface area contributed by atoms with Crippen LogP contribution in [0.5, 0.6) is 0 Å². The first-order valence-corrected chi connectivity index (χ1v) is 28.4. The Labute approximate surface area is 286 Å². The van der Waals surface area contributed by atoms with E-state index in [0.29, 0.717) is 24.7 Å². The molecule has 21 heteroatoms. The standard InChI is InChI=1S/C27H57N3O14Si4/c1-45(2,3)42-48(43-46(4,5)6,44-47(7,8)9)12-10-11-30-13-17(28-29-30)16-38-26-24(37)22(35)25(19(15-32)40-26)41-27-23(36)21(34)20(33)18(14-31)39-27/h13,18-27,31-37H,10-12,14-16H2,1-9H3. The molecule has 2 fully saturated rings. The molecule has 280 valence electrons. The molecule has 0 aromatic carbocycles. The molecule has 1 aromatic heterocycles. The van der Waals surface area contributed by atoms with Gasteiger partial charge in [0.1, 0.15) is 54.5 Å². The summed E-state index contributed by atoms with van der Waals surface area (Å²) in [6, 6.07) is 0.631. The van der Waals surface area contributed by atoms with E-state index in [0.717, 1.165) is 0 Å². The summed E-state index contributed by atoms with van der Waals surface area (Å²) >= 11 is 0. The van der Waals surface area contributed by atoms with Gasteiger partial charge in [0.2, 0.25) is 0 Å². The number of hydrogen-bond acceptors (Lipinski definition) is 16. The fourth-order valence-electron chi connectivity index (χ4n) is 5.45. The van der Waals surface area contributed by atoms with Gasteiger partial charge in [0.05, 0.1) is 26.0 Å². The third-order valence-corrected chi connectivity index (χ3v) is 19.2. The molecule has 2 aliphatic heterocycles. The lowest BCUT2D eigenvalue weighted by molar-refractivity contribution is -0.360. The minimum Gasteiger partial charge on any atom is -0.417 e. The van der Waals surface area contributed by atoms with E-state index in [9.17, 15) is 35.7 Å². The Morgan fingerprint density at radius 1 is 0.708 bits per heavy atom. The van der Waals surface area contributed by atoms with E-state index in [2.05, 4.69) is 69.2 Å². The number of aryl methyl sites for hydroxylation is 1. The number of aliphatic hydroxyl groups is 7. The molecular weight excluding hydrogens is 703 g/mol. The van der Waals surface area contributed by atoms with Crippen LogP contribution in [0.15, 0.2) is 6.20 Å². The summed E-state index contributed by atoms with van der Waals surface area (Å²) in [5.74, 6) is 0. The van der Waals surface area contributed by atoms with Crippen molar-refractivity contribution in [3.63, 3.8) is 0 Å². The second-order valence-electron chi connectivity index (χ2n) is 15.2. The van der Waals surface area contributed by atoms with Gasteiger partial charge in [-0.25, -0.2) is 0 Å². The van der Waals surface area contributed by atoms with E-state index < -0.39 is 108 Å². The summed E-state index contributed by atoms with van der Waals surface area (Å²) in [6.07, 6.45) is -13.0. The number of rotatable bonds is 17. The maximum atomic E-state index is 10.8. The van der Waals surface area contributed by atoms with E-state index in [1.807, 2.05) is 0 Å². The van der Waals surface area contributed by atoms with E-state index in [1.54, 1.807) is 10.9 Å². The zero-order valence-electron chi connectivity index (χ0n) is 29.4. The van der Waals surface area contributed by atoms with Crippen LogP contribution < -0.4 is 0 Å². The highest BCUT2D eigenvalue weighted by atomic mass is 28.5. The van der Waals surface area contributed by atoms with Gasteiger partial charge in [-0.15, -0.1) is 5.10 Å². The minimum atomic E-state index is -3.00. The summed E-state index contributed by atoms with van der Waals surface area (Å²) in [7, 11) is -9.02. The molecule has 10 unspecified atom stereocenters. The average Bonchev–Trinajstić information content (AvgIpc) is 3.39. The summed E-state index contributed by atoms with van der Waals surface area (Å²) in [6.45, 7) is 18.3. The van der Waals surface area contributed by atoms with Gasteiger partial charge in [0.15, 0.2) is 37.5 Å². The zero-order chi connectivity index (χ0) is 36.2. The van der Waals surface area contributed by atoms with Crippen molar-refractivity contribution >= 4 is 33.8 Å². The van der Waals surface area contributed by atoms with Gasteiger partial charge in [-0.3, -0.25) is 4.68 Å². The summed E-state index contributed by atoms with van der Waals surface area (Å²) in [5, 5.41) is 79.7. The van der Waals surface area contributed by atoms with Crippen LogP contribution in [-0.2, 0) is 44.4 Å². The van der Waals surface area contributed by atoms with Crippen molar-refractivity contribution in [2.45, 2.75) is 146 Å². The molecule has 1 aromatic rings. The quantitative estimate of drug-likeness (QED) is 0.0973. The maximum absolute atomic E-state index is 10.8. The van der Waals surface area contributed by atoms with Crippen LogP contribution in [0, 0.1) is 0 Å². The van der Waals surface area contributed by atoms with Crippen LogP contribution in [0.1, 0.15) is 12.1 Å². The van der Waals surface area contributed by atoms with E-state index >= 15 is 0 Å². The third-order valence-electron chi connectivity index (χ3n) is 7.20. The molecule has 0 bridgehead atoms. The number of aliphatic hydroxyl groups excluding tert-OH is 7. The van der Waals surface area contributed by atoms with E-state index in [4.69, 9.17) is 31.3 Å². The van der Waals surface area contributed by atoms with Crippen molar-refractivity contribution in [3.8, 4) is 0 Å². The highest BCUT2D eigenvalue weighted by Gasteiger charge is 2.51. The molecule has 2 aliphatic rings. The highest BCUT2D eigenvalue weighted by Crippen LogP contribution is 2.31. The molecule has 17 nitrogen and oxygen atoms in total. The minimum absolute atomic E-state index is 0.139. The molecule has 0 amide bonds. The first-order chi connectivity index (χ1) is 22.1. The predicted octanol–water partition coefficient (Wildman–Crippen LogP) is -0.698. The topological polar surface area (TPSA) is 237 Å². The van der Waals surface area contributed by atoms with Crippen LogP contribution in [-0.4, -0.2) is 159 Å². The van der Waals surface area contributed by atoms with Crippen LogP contribution in [0.25, 0.3) is 0 Å². The Kier molecular flexibility index (Phi) is 14.7. The Morgan fingerprint density at radius 3 is 1.75 bits per heavy atom. The normalized spacial score (nSPS) is 32.5. The second-order valence-corrected chi connectivity index (χ2v) is 32.2. The fourth-order valence-corrected chi connectivity index (χ4v) is 20.1. The Bertz CT molecular complexity index is 1090. The van der Waals surface area contributed by atoms with Crippen LogP contribution in [0.3, 0.4) is 0 Å². The van der Waals surface area contributed by atoms with Crippen molar-refractivity contribution in [2.75, 3.05) is 13.2 Å². The lowest BCUT2D eigenvalue weighted by Crippen LogP contribution is -2.64. The molecule has 10 atom stereocenters. The highest BCUT2D eigenvalue weighted by molar-refractivity contribution is 6.90. The van der Waals surface area contributed by atoms with Crippen LogP contribution >= 0.6 is 0 Å². The summed E-state index contributed by atoms with van der Waals surface area (Å²) < 4.78 is 44.2. The lowest BCUT2D eigenvalue weighted by atomic mass is 9.97. The molecular formula is C27H57N3O14Si4. The van der Waals surface area contributed by atoms with Gasteiger partial charge < -0.3 is 67.0 Å². The second kappa shape index (κ2) is 16.9. The van der Waals surface area contributed by atoms with Crippen molar-refractivity contribution < 1.29 is 67.0 Å². The monoisotopic (exact) mass is 759 g/mol. The van der Waals surface area contributed by atoms with Gasteiger partial charge in [-0.1, -0.05) is 5.21 Å². The molecule has 0 saturated carbocycles. The number of ether oxygens (including phenoxy) is 4. The fraction of sp³-hybridized carbons (Fsp3) is 0.926. The third kappa shape index (κ3) is 12.0. The first kappa shape index (κ1) is 41.9.